The Hall–Kier alpha value is -2.50. The fraction of sp³-hybridized carbons (Fsp3) is 0.143. The average Bonchev–Trinajstić information content (AvgIpc) is 2.87. The van der Waals surface area contributed by atoms with Gasteiger partial charge in [0.1, 0.15) is 18.3 Å². The molecule has 0 aliphatic rings. The highest BCUT2D eigenvalue weighted by atomic mass is 19.1. The van der Waals surface area contributed by atoms with Crippen LogP contribution in [0.3, 0.4) is 0 Å². The van der Waals surface area contributed by atoms with Crippen LogP contribution in [0.2, 0.25) is 0 Å². The van der Waals surface area contributed by atoms with E-state index in [2.05, 4.69) is 15.3 Å². The molecule has 0 aliphatic heterocycles. The van der Waals surface area contributed by atoms with Crippen LogP contribution in [-0.2, 0) is 6.67 Å². The van der Waals surface area contributed by atoms with Gasteiger partial charge < -0.3 is 5.32 Å². The molecule has 3 aromatic rings. The lowest BCUT2D eigenvalue weighted by molar-refractivity contribution is 0.464. The molecule has 0 atom stereocenters. The number of nitrogens with zero attached hydrogens (tertiary/aromatic N) is 3. The average molecular weight is 274 g/mol. The first-order valence-corrected chi connectivity index (χ1v) is 6.09. The van der Waals surface area contributed by atoms with E-state index in [-0.39, 0.29) is 5.56 Å². The number of rotatable bonds is 3. The second-order valence-electron chi connectivity index (χ2n) is 4.44. The molecule has 20 heavy (non-hydrogen) atoms. The number of aryl methyl sites for hydroxylation is 1. The highest BCUT2D eigenvalue weighted by molar-refractivity contribution is 5.59. The summed E-state index contributed by atoms with van der Waals surface area (Å²) in [6.45, 7) is 1.04. The summed E-state index contributed by atoms with van der Waals surface area (Å²) in [4.78, 5) is 8.39. The summed E-state index contributed by atoms with van der Waals surface area (Å²) in [5, 5.41) is 3.09. The molecule has 0 aliphatic carbocycles. The number of nitrogens with one attached hydrogen (secondary N) is 1. The first-order valence-electron chi connectivity index (χ1n) is 6.09. The van der Waals surface area contributed by atoms with Gasteiger partial charge in [0, 0.05) is 35.4 Å². The van der Waals surface area contributed by atoms with Crippen LogP contribution < -0.4 is 5.32 Å². The molecule has 0 amide bonds. The molecule has 2 heterocycles. The number of imidazole rings is 1. The van der Waals surface area contributed by atoms with E-state index in [0.29, 0.717) is 11.5 Å². The van der Waals surface area contributed by atoms with E-state index in [1.807, 2.05) is 13.0 Å². The van der Waals surface area contributed by atoms with E-state index in [1.54, 1.807) is 22.9 Å². The van der Waals surface area contributed by atoms with Crippen molar-refractivity contribution < 1.29 is 8.78 Å². The predicted octanol–water partition coefficient (Wildman–Crippen LogP) is 3.39. The van der Waals surface area contributed by atoms with Crippen molar-refractivity contribution >= 4 is 17.3 Å². The van der Waals surface area contributed by atoms with Gasteiger partial charge in [-0.05, 0) is 19.1 Å². The highest BCUT2D eigenvalue weighted by Crippen LogP contribution is 2.21. The van der Waals surface area contributed by atoms with E-state index in [1.165, 1.54) is 12.1 Å². The van der Waals surface area contributed by atoms with Crippen LogP contribution in [-0.4, -0.2) is 14.4 Å². The fourth-order valence-corrected chi connectivity index (χ4v) is 2.00. The topological polar surface area (TPSA) is 42.2 Å². The van der Waals surface area contributed by atoms with Crippen molar-refractivity contribution in [2.24, 2.45) is 0 Å². The first-order chi connectivity index (χ1) is 9.67. The lowest BCUT2D eigenvalue weighted by Gasteiger charge is -2.10. The molecule has 2 aromatic heterocycles. The molecule has 0 unspecified atom stereocenters. The number of aromatic nitrogens is 3. The van der Waals surface area contributed by atoms with Gasteiger partial charge >= 0.3 is 0 Å². The summed E-state index contributed by atoms with van der Waals surface area (Å²) in [6.07, 6.45) is 3.40. The maximum Gasteiger partial charge on any atom is 0.235 e. The number of benzene rings is 1. The zero-order valence-electron chi connectivity index (χ0n) is 10.8. The van der Waals surface area contributed by atoms with Gasteiger partial charge in [0.05, 0.1) is 0 Å². The molecular weight excluding hydrogens is 262 g/mol. The Morgan fingerprint density at radius 1 is 1.30 bits per heavy atom. The van der Waals surface area contributed by atoms with Gasteiger partial charge in [-0.1, -0.05) is 6.07 Å². The Kier molecular flexibility index (Phi) is 3.06. The van der Waals surface area contributed by atoms with Crippen molar-refractivity contribution in [3.8, 4) is 0 Å². The molecule has 0 bridgehead atoms. The predicted molar refractivity (Wildman–Crippen MR) is 72.2 cm³/mol. The zero-order chi connectivity index (χ0) is 14.1. The summed E-state index contributed by atoms with van der Waals surface area (Å²) in [5.41, 5.74) is 1.39. The van der Waals surface area contributed by atoms with Crippen LogP contribution >= 0.6 is 0 Å². The number of fused-ring (bicyclic) bond motifs is 1. The van der Waals surface area contributed by atoms with Crippen LogP contribution in [0.25, 0.3) is 5.78 Å². The van der Waals surface area contributed by atoms with E-state index < -0.39 is 12.5 Å². The molecule has 0 radical (unpaired) electrons. The van der Waals surface area contributed by atoms with Crippen molar-refractivity contribution in [1.29, 1.82) is 0 Å². The lowest BCUT2D eigenvalue weighted by Crippen LogP contribution is -2.01. The Morgan fingerprint density at radius 3 is 2.90 bits per heavy atom. The van der Waals surface area contributed by atoms with Crippen molar-refractivity contribution in [2.45, 2.75) is 13.6 Å². The SMILES string of the molecule is Cc1cc(Nc2ccc(CF)c(F)c2)n2ccnc2n1. The summed E-state index contributed by atoms with van der Waals surface area (Å²) < 4.78 is 27.8. The third-order valence-corrected chi connectivity index (χ3v) is 2.97. The standard InChI is InChI=1S/C14H12F2N4/c1-9-6-13(20-5-4-17-14(20)18-9)19-11-3-2-10(8-15)12(16)7-11/h2-7,19H,8H2,1H3. The number of halogens is 2. The molecule has 4 nitrogen and oxygen atoms in total. The largest absolute Gasteiger partial charge is 0.341 e. The highest BCUT2D eigenvalue weighted by Gasteiger charge is 2.07. The summed E-state index contributed by atoms with van der Waals surface area (Å²) >= 11 is 0. The maximum absolute atomic E-state index is 13.6. The molecule has 6 heteroatoms. The molecule has 102 valence electrons. The molecule has 0 saturated carbocycles. The lowest BCUT2D eigenvalue weighted by atomic mass is 10.2. The van der Waals surface area contributed by atoms with Gasteiger partial charge in [0.2, 0.25) is 5.78 Å². The van der Waals surface area contributed by atoms with Gasteiger partial charge in [-0.25, -0.2) is 18.7 Å². The minimum absolute atomic E-state index is 0.0502. The second-order valence-corrected chi connectivity index (χ2v) is 4.44. The minimum Gasteiger partial charge on any atom is -0.341 e. The molecule has 3 rings (SSSR count). The summed E-state index contributed by atoms with van der Waals surface area (Å²) in [7, 11) is 0. The van der Waals surface area contributed by atoms with Gasteiger partial charge in [-0.3, -0.25) is 4.40 Å². The van der Waals surface area contributed by atoms with Crippen LogP contribution in [0.1, 0.15) is 11.3 Å². The van der Waals surface area contributed by atoms with Gasteiger partial charge in [0.15, 0.2) is 0 Å². The zero-order valence-corrected chi connectivity index (χ0v) is 10.8. The van der Waals surface area contributed by atoms with E-state index in [9.17, 15) is 8.78 Å². The smallest absolute Gasteiger partial charge is 0.235 e. The van der Waals surface area contributed by atoms with Crippen LogP contribution in [0.4, 0.5) is 20.3 Å². The third kappa shape index (κ3) is 2.20. The van der Waals surface area contributed by atoms with Gasteiger partial charge in [0.25, 0.3) is 0 Å². The monoisotopic (exact) mass is 274 g/mol. The fourth-order valence-electron chi connectivity index (χ4n) is 2.00. The Bertz CT molecular complexity index is 767. The van der Waals surface area contributed by atoms with Crippen LogP contribution in [0, 0.1) is 12.7 Å². The van der Waals surface area contributed by atoms with Crippen molar-refractivity contribution in [3.63, 3.8) is 0 Å². The molecule has 0 spiro atoms. The minimum atomic E-state index is -0.813. The number of hydrogen-bond acceptors (Lipinski definition) is 3. The third-order valence-electron chi connectivity index (χ3n) is 2.97. The Balaban J connectivity index is 2.00. The normalized spacial score (nSPS) is 10.9. The summed E-state index contributed by atoms with van der Waals surface area (Å²) in [5.74, 6) is 0.718. The number of alkyl halides is 1. The Morgan fingerprint density at radius 2 is 2.15 bits per heavy atom. The molecule has 0 fully saturated rings. The second kappa shape index (κ2) is 4.88. The first kappa shape index (κ1) is 12.5. The molecule has 1 aromatic carbocycles. The molecule has 0 saturated heterocycles. The van der Waals surface area contributed by atoms with Crippen molar-refractivity contribution in [1.82, 2.24) is 14.4 Å². The summed E-state index contributed by atoms with van der Waals surface area (Å²) in [6, 6.07) is 6.16. The van der Waals surface area contributed by atoms with Crippen LogP contribution in [0.15, 0.2) is 36.7 Å². The number of hydrogen-bond donors (Lipinski definition) is 1. The molecular formula is C14H12F2N4. The van der Waals surface area contributed by atoms with Crippen LogP contribution in [0.5, 0.6) is 0 Å². The van der Waals surface area contributed by atoms with Crippen molar-refractivity contribution in [2.75, 3.05) is 5.32 Å². The Labute approximate surface area is 114 Å². The van der Waals surface area contributed by atoms with Crippen molar-refractivity contribution in [3.05, 3.63) is 53.7 Å². The maximum atomic E-state index is 13.6. The number of anilines is 2. The quantitative estimate of drug-likeness (QED) is 0.796. The van der Waals surface area contributed by atoms with Gasteiger partial charge in [-0.15, -0.1) is 0 Å². The van der Waals surface area contributed by atoms with E-state index in [0.717, 1.165) is 11.5 Å². The van der Waals surface area contributed by atoms with Gasteiger partial charge in [-0.2, -0.15) is 0 Å². The van der Waals surface area contributed by atoms with E-state index in [4.69, 9.17) is 0 Å². The van der Waals surface area contributed by atoms with E-state index >= 15 is 0 Å². The molecule has 1 N–H and O–H groups in total.